The predicted molar refractivity (Wildman–Crippen MR) is 51.0 cm³/mol. The van der Waals surface area contributed by atoms with Gasteiger partial charge in [-0.2, -0.15) is 0 Å². The first-order chi connectivity index (χ1) is 5.45. The highest BCUT2D eigenvalue weighted by Crippen LogP contribution is 2.13. The maximum Gasteiger partial charge on any atom is 0.0385 e. The fourth-order valence-corrected chi connectivity index (χ4v) is 1.15. The van der Waals surface area contributed by atoms with E-state index in [1.165, 1.54) is 0 Å². The summed E-state index contributed by atoms with van der Waals surface area (Å²) in [5, 5.41) is 3.48. The molecule has 0 radical (unpaired) electrons. The summed E-state index contributed by atoms with van der Waals surface area (Å²) in [6.45, 7) is 8.99. The molecule has 0 bridgehead atoms. The molecule has 0 aliphatic rings. The summed E-state index contributed by atoms with van der Waals surface area (Å²) in [7, 11) is 2.04. The first kappa shape index (κ1) is 11.3. The lowest BCUT2D eigenvalue weighted by Gasteiger charge is -2.25. The lowest BCUT2D eigenvalue weighted by Crippen LogP contribution is -2.31. The summed E-state index contributed by atoms with van der Waals surface area (Å²) in [5.74, 6) is 0. The van der Waals surface area contributed by atoms with Crippen LogP contribution in [0.2, 0.25) is 0 Å². The second kappa shape index (κ2) is 5.01. The molecule has 0 aromatic heterocycles. The Morgan fingerprint density at radius 2 is 2.00 bits per heavy atom. The maximum atomic E-state index is 8.05. The van der Waals surface area contributed by atoms with E-state index in [0.29, 0.717) is 12.0 Å². The highest BCUT2D eigenvalue weighted by atomic mass is 15.2. The Bertz CT molecular complexity index is 164. The second-order valence-corrected chi connectivity index (χ2v) is 4.25. The second-order valence-electron chi connectivity index (χ2n) is 4.25. The number of hydrogen-bond acceptors (Lipinski definition) is 2. The summed E-state index contributed by atoms with van der Waals surface area (Å²) >= 11 is 0. The maximum absolute atomic E-state index is 8.05. The summed E-state index contributed by atoms with van der Waals surface area (Å²) in [6, 6.07) is 0. The third-order valence-corrected chi connectivity index (χ3v) is 1.39. The lowest BCUT2D eigenvalue weighted by molar-refractivity contribution is 0.232. The molecule has 0 aromatic carbocycles. The molecular weight excluding hydrogens is 152 g/mol. The van der Waals surface area contributed by atoms with Crippen LogP contribution in [-0.4, -0.2) is 31.6 Å². The van der Waals surface area contributed by atoms with Crippen LogP contribution in [0.15, 0.2) is 5.11 Å². The first-order valence-corrected chi connectivity index (χ1v) is 4.15. The molecule has 0 unspecified atom stereocenters. The highest BCUT2D eigenvalue weighted by molar-refractivity contribution is 4.66. The Balaban J connectivity index is 3.59. The molecule has 0 spiro atoms. The van der Waals surface area contributed by atoms with Gasteiger partial charge < -0.3 is 4.90 Å². The molecular formula is C8H18N4. The number of azide groups is 1. The van der Waals surface area contributed by atoms with Crippen molar-refractivity contribution in [2.75, 3.05) is 26.7 Å². The molecule has 4 nitrogen and oxygen atoms in total. The largest absolute Gasteiger partial charge is 0.306 e. The minimum absolute atomic E-state index is 0.311. The van der Waals surface area contributed by atoms with Crippen molar-refractivity contribution in [2.24, 2.45) is 10.5 Å². The van der Waals surface area contributed by atoms with E-state index in [-0.39, 0.29) is 0 Å². The molecule has 0 saturated heterocycles. The van der Waals surface area contributed by atoms with Crippen molar-refractivity contribution in [1.82, 2.24) is 4.90 Å². The average Bonchev–Trinajstić information content (AvgIpc) is 1.84. The minimum Gasteiger partial charge on any atom is -0.306 e. The monoisotopic (exact) mass is 170 g/mol. The van der Waals surface area contributed by atoms with E-state index in [2.05, 4.69) is 35.7 Å². The van der Waals surface area contributed by atoms with Crippen molar-refractivity contribution in [3.63, 3.8) is 0 Å². The molecule has 4 heteroatoms. The van der Waals surface area contributed by atoms with Crippen LogP contribution in [0.5, 0.6) is 0 Å². The summed E-state index contributed by atoms with van der Waals surface area (Å²) < 4.78 is 0. The number of nitrogens with zero attached hydrogens (tertiary/aromatic N) is 4. The number of rotatable bonds is 4. The Morgan fingerprint density at radius 1 is 1.42 bits per heavy atom. The van der Waals surface area contributed by atoms with Gasteiger partial charge in [0.2, 0.25) is 0 Å². The molecule has 0 rings (SSSR count). The van der Waals surface area contributed by atoms with E-state index in [4.69, 9.17) is 5.53 Å². The standard InChI is InChI=1S/C8H18N4/c1-8(2,3)7-12(4)6-5-10-11-9/h5-7H2,1-4H3. The summed E-state index contributed by atoms with van der Waals surface area (Å²) in [4.78, 5) is 4.88. The van der Waals surface area contributed by atoms with Gasteiger partial charge >= 0.3 is 0 Å². The van der Waals surface area contributed by atoms with Crippen LogP contribution in [0.1, 0.15) is 20.8 Å². The average molecular weight is 170 g/mol. The SMILES string of the molecule is CN(CCN=[N+]=[N-])CC(C)(C)C. The molecule has 0 N–H and O–H groups in total. The van der Waals surface area contributed by atoms with Crippen molar-refractivity contribution in [3.05, 3.63) is 10.4 Å². The van der Waals surface area contributed by atoms with Crippen LogP contribution in [0, 0.1) is 5.41 Å². The molecule has 0 aliphatic carbocycles. The van der Waals surface area contributed by atoms with Gasteiger partial charge in [0.15, 0.2) is 0 Å². The van der Waals surface area contributed by atoms with Crippen molar-refractivity contribution < 1.29 is 0 Å². The normalized spacial score (nSPS) is 11.4. The van der Waals surface area contributed by atoms with E-state index < -0.39 is 0 Å². The van der Waals surface area contributed by atoms with E-state index in [0.717, 1.165) is 13.1 Å². The van der Waals surface area contributed by atoms with Crippen molar-refractivity contribution in [2.45, 2.75) is 20.8 Å². The third-order valence-electron chi connectivity index (χ3n) is 1.39. The predicted octanol–water partition coefficient (Wildman–Crippen LogP) is 2.27. The molecule has 70 valence electrons. The van der Waals surface area contributed by atoms with Gasteiger partial charge in [0, 0.05) is 24.5 Å². The molecule has 0 atom stereocenters. The van der Waals surface area contributed by atoms with E-state index in [1.54, 1.807) is 0 Å². The van der Waals surface area contributed by atoms with Crippen molar-refractivity contribution in [3.8, 4) is 0 Å². The molecule has 0 aliphatic heterocycles. The molecule has 0 fully saturated rings. The van der Waals surface area contributed by atoms with Crippen molar-refractivity contribution >= 4 is 0 Å². The topological polar surface area (TPSA) is 52.0 Å². The Labute approximate surface area is 74.2 Å². The van der Waals surface area contributed by atoms with Gasteiger partial charge in [-0.15, -0.1) is 0 Å². The minimum atomic E-state index is 0.311. The van der Waals surface area contributed by atoms with Crippen LogP contribution < -0.4 is 0 Å². The fraction of sp³-hybridized carbons (Fsp3) is 1.00. The first-order valence-electron chi connectivity index (χ1n) is 4.15. The number of likely N-dealkylation sites (N-methyl/N-ethyl adjacent to an activating group) is 1. The number of hydrogen-bond donors (Lipinski definition) is 0. The zero-order valence-electron chi connectivity index (χ0n) is 8.41. The van der Waals surface area contributed by atoms with Crippen LogP contribution in [0.25, 0.3) is 10.4 Å². The van der Waals surface area contributed by atoms with E-state index >= 15 is 0 Å². The zero-order chi connectivity index (χ0) is 9.61. The molecule has 0 heterocycles. The Morgan fingerprint density at radius 3 is 2.42 bits per heavy atom. The van der Waals surface area contributed by atoms with Crippen LogP contribution >= 0.6 is 0 Å². The summed E-state index contributed by atoms with van der Waals surface area (Å²) in [5.41, 5.74) is 8.36. The zero-order valence-corrected chi connectivity index (χ0v) is 8.41. The molecule has 12 heavy (non-hydrogen) atoms. The smallest absolute Gasteiger partial charge is 0.0385 e. The lowest BCUT2D eigenvalue weighted by atomic mass is 9.96. The summed E-state index contributed by atoms with van der Waals surface area (Å²) in [6.07, 6.45) is 0. The Hall–Kier alpha value is -0.730. The van der Waals surface area contributed by atoms with Gasteiger partial charge in [0.1, 0.15) is 0 Å². The van der Waals surface area contributed by atoms with Gasteiger partial charge in [-0.1, -0.05) is 25.9 Å². The molecule has 0 aromatic rings. The molecule has 0 saturated carbocycles. The van der Waals surface area contributed by atoms with Gasteiger partial charge in [0.25, 0.3) is 0 Å². The van der Waals surface area contributed by atoms with Crippen LogP contribution in [0.4, 0.5) is 0 Å². The van der Waals surface area contributed by atoms with E-state index in [1.807, 2.05) is 7.05 Å². The van der Waals surface area contributed by atoms with Gasteiger partial charge in [-0.05, 0) is 18.0 Å². The van der Waals surface area contributed by atoms with Gasteiger partial charge in [-0.3, -0.25) is 0 Å². The Kier molecular flexibility index (Phi) is 4.71. The van der Waals surface area contributed by atoms with Crippen LogP contribution in [-0.2, 0) is 0 Å². The van der Waals surface area contributed by atoms with Gasteiger partial charge in [-0.25, -0.2) is 0 Å². The highest BCUT2D eigenvalue weighted by Gasteiger charge is 2.12. The van der Waals surface area contributed by atoms with Crippen LogP contribution in [0.3, 0.4) is 0 Å². The quantitative estimate of drug-likeness (QED) is 0.363. The van der Waals surface area contributed by atoms with Gasteiger partial charge in [0.05, 0.1) is 0 Å². The molecule has 0 amide bonds. The fourth-order valence-electron chi connectivity index (χ4n) is 1.15. The van der Waals surface area contributed by atoms with E-state index in [9.17, 15) is 0 Å². The third kappa shape index (κ3) is 7.38. The van der Waals surface area contributed by atoms with Crippen molar-refractivity contribution in [1.29, 1.82) is 0 Å².